The number of aromatic amines is 1. The summed E-state index contributed by atoms with van der Waals surface area (Å²) in [5, 5.41) is 17.2. The van der Waals surface area contributed by atoms with Crippen molar-refractivity contribution in [3.8, 4) is 5.75 Å². The Bertz CT molecular complexity index is 1660. The Morgan fingerprint density at radius 1 is 0.863 bits per heavy atom. The van der Waals surface area contributed by atoms with Gasteiger partial charge in [-0.3, -0.25) is 19.2 Å². The second-order valence-corrected chi connectivity index (χ2v) is 13.2. The average molecular weight is 771 g/mol. The van der Waals surface area contributed by atoms with E-state index in [1.54, 1.807) is 12.1 Å². The Balaban J connectivity index is 0.000000501. The Hall–Kier alpha value is -3.54. The van der Waals surface area contributed by atoms with Crippen LogP contribution in [0.1, 0.15) is 56.1 Å². The number of hydrogen-bond acceptors (Lipinski definition) is 8. The summed E-state index contributed by atoms with van der Waals surface area (Å²) in [5.41, 5.74) is 2.41. The number of rotatable bonds is 14. The molecule has 4 N–H and O–H groups in total. The van der Waals surface area contributed by atoms with E-state index in [1.807, 2.05) is 6.07 Å². The van der Waals surface area contributed by atoms with Crippen LogP contribution >= 0.6 is 22.9 Å². The quantitative estimate of drug-likeness (QED) is 0.0661. The lowest BCUT2D eigenvalue weighted by Gasteiger charge is -2.32. The first-order valence-corrected chi connectivity index (χ1v) is 17.4. The summed E-state index contributed by atoms with van der Waals surface area (Å²) in [5.74, 6) is -6.89. The van der Waals surface area contributed by atoms with Gasteiger partial charge in [0.05, 0.1) is 4.70 Å². The van der Waals surface area contributed by atoms with Crippen molar-refractivity contribution < 1.29 is 50.2 Å². The molecule has 1 heterocycles. The van der Waals surface area contributed by atoms with Crippen LogP contribution in [0.25, 0.3) is 10.2 Å². The first-order chi connectivity index (χ1) is 24.0. The minimum absolute atomic E-state index is 0.0892. The molecule has 0 spiro atoms. The van der Waals surface area contributed by atoms with Crippen molar-refractivity contribution in [2.75, 3.05) is 32.7 Å². The molecule has 282 valence electrons. The van der Waals surface area contributed by atoms with Gasteiger partial charge in [-0.2, -0.15) is 26.3 Å². The van der Waals surface area contributed by atoms with Gasteiger partial charge in [0.25, 0.3) is 0 Å². The predicted octanol–water partition coefficient (Wildman–Crippen LogP) is 6.24. The lowest BCUT2D eigenvalue weighted by atomic mass is 10.1. The molecule has 0 saturated heterocycles. The van der Waals surface area contributed by atoms with Gasteiger partial charge in [0.15, 0.2) is 0 Å². The number of halogens is 8. The van der Waals surface area contributed by atoms with Gasteiger partial charge >= 0.3 is 28.8 Å². The maximum atomic E-state index is 13.3. The molecule has 1 amide bonds. The van der Waals surface area contributed by atoms with Crippen molar-refractivity contribution in [3.05, 3.63) is 62.0 Å². The smallest absolute Gasteiger partial charge is 0.458 e. The first-order valence-electron chi connectivity index (χ1n) is 16.2. The number of carbonyl (C=O) groups is 3. The highest BCUT2D eigenvalue weighted by molar-refractivity contribution is 7.16. The van der Waals surface area contributed by atoms with Crippen LogP contribution in [0.15, 0.2) is 35.1 Å². The van der Waals surface area contributed by atoms with E-state index in [4.69, 9.17) is 11.6 Å². The molecule has 4 rings (SSSR count). The highest BCUT2D eigenvalue weighted by Gasteiger charge is 2.54. The monoisotopic (exact) mass is 770 g/mol. The third-order valence-corrected chi connectivity index (χ3v) is 9.46. The van der Waals surface area contributed by atoms with Crippen LogP contribution < -0.4 is 15.5 Å². The minimum Gasteiger partial charge on any atom is -0.506 e. The Kier molecular flexibility index (Phi) is 15.9. The highest BCUT2D eigenvalue weighted by Crippen LogP contribution is 2.28. The summed E-state index contributed by atoms with van der Waals surface area (Å²) in [6, 6.07) is 8.21. The molecule has 2 aromatic carbocycles. The molecule has 1 aliphatic rings. The normalized spacial score (nSPS) is 14.1. The van der Waals surface area contributed by atoms with Crippen LogP contribution in [-0.4, -0.2) is 83.6 Å². The molecule has 0 bridgehead atoms. The lowest BCUT2D eigenvalue weighted by Crippen LogP contribution is -2.45. The van der Waals surface area contributed by atoms with Gasteiger partial charge in [-0.05, 0) is 68.1 Å². The summed E-state index contributed by atoms with van der Waals surface area (Å²) >= 11 is 7.23. The zero-order valence-electron chi connectivity index (χ0n) is 27.3. The highest BCUT2D eigenvalue weighted by atomic mass is 35.5. The number of hydrogen-bond donors (Lipinski definition) is 4. The number of carbonyl (C=O) groups excluding carboxylic acids is 3. The summed E-state index contributed by atoms with van der Waals surface area (Å²) in [4.78, 5) is 48.9. The Labute approximate surface area is 297 Å². The zero-order chi connectivity index (χ0) is 37.8. The topological polar surface area (TPSA) is 132 Å². The summed E-state index contributed by atoms with van der Waals surface area (Å²) < 4.78 is 81.0. The maximum Gasteiger partial charge on any atom is 0.458 e. The summed E-state index contributed by atoms with van der Waals surface area (Å²) in [6.07, 6.45) is -2.80. The van der Waals surface area contributed by atoms with Gasteiger partial charge < -0.3 is 25.6 Å². The molecular weight excluding hydrogens is 733 g/mol. The first kappa shape index (κ1) is 41.9. The van der Waals surface area contributed by atoms with Crippen LogP contribution in [0, 0.1) is 5.82 Å². The average Bonchev–Trinajstić information content (AvgIpc) is 3.26. The second kappa shape index (κ2) is 19.3. The number of H-pyrrole nitrogens is 1. The molecular formula is C33H38ClF7N4O5S. The van der Waals surface area contributed by atoms with Crippen LogP contribution in [0.5, 0.6) is 5.75 Å². The Morgan fingerprint density at radius 2 is 1.43 bits per heavy atom. The summed E-state index contributed by atoms with van der Waals surface area (Å²) in [7, 11) is 0. The largest absolute Gasteiger partial charge is 0.506 e. The fraction of sp³-hybridized carbons (Fsp3) is 0.515. The molecule has 51 heavy (non-hydrogen) atoms. The van der Waals surface area contributed by atoms with Crippen LogP contribution in [-0.2, 0) is 27.2 Å². The SMILES string of the molecule is O=C(C(=O)C(F)(F)F)C(F)(F)F.O=C(CCNCCc1ccc(F)cc1Cl)N(CCNCCc1ccc(O)c2[nH]c(=O)sc12)C1CCCCCC1. The minimum atomic E-state index is -5.77. The number of nitrogens with one attached hydrogen (secondary N) is 3. The third-order valence-electron chi connectivity index (χ3n) is 8.15. The van der Waals surface area contributed by atoms with E-state index in [-0.39, 0.29) is 28.4 Å². The zero-order valence-corrected chi connectivity index (χ0v) is 28.9. The number of amides is 1. The van der Waals surface area contributed by atoms with Crippen molar-refractivity contribution in [1.29, 1.82) is 0 Å². The van der Waals surface area contributed by atoms with Crippen molar-refractivity contribution in [1.82, 2.24) is 20.5 Å². The maximum absolute atomic E-state index is 13.3. The van der Waals surface area contributed by atoms with Gasteiger partial charge in [0.1, 0.15) is 17.1 Å². The molecule has 1 saturated carbocycles. The van der Waals surface area contributed by atoms with Gasteiger partial charge in [0.2, 0.25) is 5.91 Å². The van der Waals surface area contributed by atoms with E-state index in [2.05, 4.69) is 20.5 Å². The second-order valence-electron chi connectivity index (χ2n) is 11.8. The molecule has 1 aromatic heterocycles. The van der Waals surface area contributed by atoms with Gasteiger partial charge in [-0.25, -0.2) is 4.39 Å². The standard InChI is InChI=1S/C29H38ClFN4O3S.C4F6O2/c30-24-19-22(31)9-7-20(24)11-14-32-16-13-26(37)35(23-5-3-1-2-4-6-23)18-17-33-15-12-21-8-10-25(36)27-28(21)39-29(38)34-27;5-3(6,7)1(11)2(12)4(8,9)10/h7-10,19,23,32-33,36H,1-6,11-18H2,(H,34,38);. The van der Waals surface area contributed by atoms with E-state index in [1.165, 1.54) is 25.0 Å². The van der Waals surface area contributed by atoms with E-state index in [9.17, 15) is 55.0 Å². The van der Waals surface area contributed by atoms with E-state index in [0.717, 1.165) is 59.3 Å². The number of benzene rings is 2. The molecule has 0 radical (unpaired) electrons. The van der Waals surface area contributed by atoms with Crippen molar-refractivity contribution in [2.45, 2.75) is 76.2 Å². The van der Waals surface area contributed by atoms with Crippen molar-refractivity contribution in [3.63, 3.8) is 0 Å². The number of aromatic nitrogens is 1. The molecule has 3 aromatic rings. The van der Waals surface area contributed by atoms with E-state index < -0.39 is 23.9 Å². The van der Waals surface area contributed by atoms with Crippen molar-refractivity contribution in [2.24, 2.45) is 0 Å². The number of aromatic hydroxyl groups is 1. The van der Waals surface area contributed by atoms with Gasteiger partial charge in [-0.1, -0.05) is 60.8 Å². The van der Waals surface area contributed by atoms with Gasteiger partial charge in [-0.15, -0.1) is 0 Å². The van der Waals surface area contributed by atoms with Gasteiger partial charge in [0, 0.05) is 37.1 Å². The number of nitrogens with zero attached hydrogens (tertiary/aromatic N) is 1. The third kappa shape index (κ3) is 13.2. The molecule has 1 fully saturated rings. The van der Waals surface area contributed by atoms with Crippen LogP contribution in [0.2, 0.25) is 5.02 Å². The number of Topliss-reactive ketones (excluding diaryl/α,β-unsaturated/α-hetero) is 2. The fourth-order valence-electron chi connectivity index (χ4n) is 5.57. The van der Waals surface area contributed by atoms with Crippen LogP contribution in [0.3, 0.4) is 0 Å². The number of phenolic OH excluding ortho intramolecular Hbond substituents is 1. The number of ketones is 2. The fourth-order valence-corrected chi connectivity index (χ4v) is 6.73. The molecule has 9 nitrogen and oxygen atoms in total. The number of phenols is 1. The Morgan fingerprint density at radius 3 is 2.02 bits per heavy atom. The van der Waals surface area contributed by atoms with E-state index in [0.29, 0.717) is 56.1 Å². The molecule has 1 aliphatic carbocycles. The van der Waals surface area contributed by atoms with E-state index >= 15 is 0 Å². The predicted molar refractivity (Wildman–Crippen MR) is 179 cm³/mol. The lowest BCUT2D eigenvalue weighted by molar-refractivity contribution is -0.193. The molecule has 0 aliphatic heterocycles. The number of alkyl halides is 6. The summed E-state index contributed by atoms with van der Waals surface area (Å²) in [6.45, 7) is 3.33. The molecule has 0 atom stereocenters. The number of fused-ring (bicyclic) bond motifs is 1. The van der Waals surface area contributed by atoms with Crippen LogP contribution in [0.4, 0.5) is 30.7 Å². The molecule has 18 heteroatoms. The molecule has 0 unspecified atom stereocenters. The number of thiazole rings is 1. The van der Waals surface area contributed by atoms with Crippen molar-refractivity contribution >= 4 is 50.6 Å².